The molecule has 0 spiro atoms. The molecule has 4 rings (SSSR count). The largest absolute Gasteiger partial charge is 0.463 e. The van der Waals surface area contributed by atoms with Gasteiger partial charge in [0.25, 0.3) is 0 Å². The molecule has 2 aliphatic heterocycles. The average molecular weight is 484 g/mol. The lowest BCUT2D eigenvalue weighted by Crippen LogP contribution is -2.38. The van der Waals surface area contributed by atoms with Gasteiger partial charge in [0.15, 0.2) is 5.17 Å². The van der Waals surface area contributed by atoms with Crippen LogP contribution in [0, 0.1) is 11.6 Å². The van der Waals surface area contributed by atoms with Gasteiger partial charge >= 0.3 is 5.97 Å². The highest BCUT2D eigenvalue weighted by atomic mass is 32.2. The fourth-order valence-corrected chi connectivity index (χ4v) is 4.83. The van der Waals surface area contributed by atoms with Gasteiger partial charge in [-0.15, -0.1) is 0 Å². The number of amides is 1. The lowest BCUT2D eigenvalue weighted by atomic mass is 9.93. The van der Waals surface area contributed by atoms with Gasteiger partial charge in [-0.25, -0.2) is 18.6 Å². The minimum Gasteiger partial charge on any atom is -0.463 e. The number of fused-ring (bicyclic) bond motifs is 1. The quantitative estimate of drug-likeness (QED) is 0.573. The molecule has 2 aromatic rings. The molecule has 9 heteroatoms. The first-order valence-electron chi connectivity index (χ1n) is 10.8. The zero-order chi connectivity index (χ0) is 24.2. The maximum absolute atomic E-state index is 14.1. The molecule has 0 fully saturated rings. The number of allylic oxidation sites excluding steroid dienone is 1. The van der Waals surface area contributed by atoms with E-state index in [9.17, 15) is 18.4 Å². The summed E-state index contributed by atoms with van der Waals surface area (Å²) >= 11 is 1.34. The van der Waals surface area contributed by atoms with E-state index in [1.54, 1.807) is 43.0 Å². The van der Waals surface area contributed by atoms with Crippen LogP contribution in [-0.2, 0) is 20.9 Å². The number of carbonyl (C=O) groups excluding carboxylic acids is 2. The Morgan fingerprint density at radius 3 is 2.62 bits per heavy atom. The van der Waals surface area contributed by atoms with Crippen LogP contribution >= 0.6 is 11.8 Å². The number of benzene rings is 2. The van der Waals surface area contributed by atoms with E-state index in [0.29, 0.717) is 27.7 Å². The van der Waals surface area contributed by atoms with Crippen molar-refractivity contribution in [1.29, 1.82) is 0 Å². The van der Waals surface area contributed by atoms with E-state index in [4.69, 9.17) is 4.74 Å². The topological polar surface area (TPSA) is 71.0 Å². The predicted octanol–water partition coefficient (Wildman–Crippen LogP) is 4.81. The minimum absolute atomic E-state index is 0.0220. The second-order valence-corrected chi connectivity index (χ2v) is 8.59. The van der Waals surface area contributed by atoms with Gasteiger partial charge in [-0.3, -0.25) is 4.79 Å². The summed E-state index contributed by atoms with van der Waals surface area (Å²) < 4.78 is 32.5. The van der Waals surface area contributed by atoms with Gasteiger partial charge in [-0.05, 0) is 54.6 Å². The van der Waals surface area contributed by atoms with E-state index in [-0.39, 0.29) is 31.3 Å². The van der Waals surface area contributed by atoms with Crippen molar-refractivity contribution in [3.8, 4) is 0 Å². The van der Waals surface area contributed by atoms with Crippen molar-refractivity contribution in [2.45, 2.75) is 32.9 Å². The Hall–Kier alpha value is -3.46. The van der Waals surface area contributed by atoms with Crippen molar-refractivity contribution in [3.05, 3.63) is 93.7 Å². The number of thioether (sulfide) groups is 1. The Bertz CT molecular complexity index is 1210. The molecule has 0 bridgehead atoms. The number of rotatable bonds is 7. The van der Waals surface area contributed by atoms with Crippen molar-refractivity contribution in [2.24, 2.45) is 4.99 Å². The molecule has 1 atom stereocenters. The van der Waals surface area contributed by atoms with Crippen LogP contribution < -0.4 is 5.32 Å². The van der Waals surface area contributed by atoms with Crippen molar-refractivity contribution in [1.82, 2.24) is 10.2 Å². The smallest absolute Gasteiger partial charge is 0.338 e. The fourth-order valence-electron chi connectivity index (χ4n) is 3.86. The molecule has 2 aromatic carbocycles. The Morgan fingerprint density at radius 1 is 1.15 bits per heavy atom. The van der Waals surface area contributed by atoms with Gasteiger partial charge in [0.1, 0.15) is 11.6 Å². The number of esters is 1. The number of halogens is 2. The number of nitrogens with zero attached hydrogens (tertiary/aromatic N) is 2. The van der Waals surface area contributed by atoms with E-state index in [1.807, 2.05) is 5.41 Å². The number of ether oxygens (including phenoxy) is 1. The summed E-state index contributed by atoms with van der Waals surface area (Å²) in [5.74, 6) is -1.56. The van der Waals surface area contributed by atoms with Crippen molar-refractivity contribution >= 4 is 28.8 Å². The van der Waals surface area contributed by atoms with Gasteiger partial charge in [0.2, 0.25) is 5.91 Å². The van der Waals surface area contributed by atoms with Gasteiger partial charge in [-0.2, -0.15) is 0 Å². The lowest BCUT2D eigenvalue weighted by Gasteiger charge is -2.36. The molecule has 176 valence electrons. The fraction of sp³-hybridized carbons (Fsp3) is 0.240. The van der Waals surface area contributed by atoms with Crippen molar-refractivity contribution in [3.63, 3.8) is 0 Å². The van der Waals surface area contributed by atoms with E-state index >= 15 is 0 Å². The van der Waals surface area contributed by atoms with Crippen LogP contribution in [0.1, 0.15) is 37.4 Å². The zero-order valence-corrected chi connectivity index (χ0v) is 19.5. The normalized spacial score (nSPS) is 17.2. The monoisotopic (exact) mass is 483 g/mol. The summed E-state index contributed by atoms with van der Waals surface area (Å²) in [5, 5.41) is 5.23. The Balaban J connectivity index is 1.59. The SMILES string of the molecule is CCOC(=O)C1=C(C)N=C2SC=C(CC(=O)NCc3ccc(F)cc3)N2C1c1cccc(F)c1. The molecule has 0 radical (unpaired) electrons. The Morgan fingerprint density at radius 2 is 1.91 bits per heavy atom. The van der Waals surface area contributed by atoms with Crippen molar-refractivity contribution in [2.75, 3.05) is 6.61 Å². The highest BCUT2D eigenvalue weighted by Crippen LogP contribution is 2.44. The molecule has 0 aliphatic carbocycles. The molecular weight excluding hydrogens is 460 g/mol. The minimum atomic E-state index is -0.687. The highest BCUT2D eigenvalue weighted by Gasteiger charge is 2.41. The third kappa shape index (κ3) is 5.04. The molecular formula is C25H23F2N3O3S. The van der Waals surface area contributed by atoms with Gasteiger partial charge in [0, 0.05) is 12.2 Å². The summed E-state index contributed by atoms with van der Waals surface area (Å²) in [4.78, 5) is 31.9. The highest BCUT2D eigenvalue weighted by molar-refractivity contribution is 8.16. The van der Waals surface area contributed by atoms with E-state index < -0.39 is 17.8 Å². The third-order valence-corrected chi connectivity index (χ3v) is 6.29. The molecule has 0 saturated heterocycles. The molecule has 1 N–H and O–H groups in total. The van der Waals surface area contributed by atoms with Crippen LogP contribution in [-0.4, -0.2) is 28.6 Å². The number of amidine groups is 1. The number of nitrogens with one attached hydrogen (secondary N) is 1. The van der Waals surface area contributed by atoms with Gasteiger partial charge in [-0.1, -0.05) is 36.0 Å². The molecule has 6 nitrogen and oxygen atoms in total. The predicted molar refractivity (Wildman–Crippen MR) is 126 cm³/mol. The van der Waals surface area contributed by atoms with Gasteiger partial charge in [0.05, 0.1) is 30.3 Å². The maximum atomic E-state index is 14.1. The van der Waals surface area contributed by atoms with Crippen molar-refractivity contribution < 1.29 is 23.1 Å². The summed E-state index contributed by atoms with van der Waals surface area (Å²) in [6.07, 6.45) is 0.0220. The van der Waals surface area contributed by atoms with Crippen LogP contribution in [0.3, 0.4) is 0 Å². The standard InChI is InChI=1S/C25H23F2N3O3S/c1-3-33-24(32)22-15(2)29-25-30(23(22)17-5-4-6-19(27)11-17)20(14-34-25)12-21(31)28-13-16-7-9-18(26)10-8-16/h4-11,14,23H,3,12-13H2,1-2H3,(H,28,31). The summed E-state index contributed by atoms with van der Waals surface area (Å²) in [6, 6.07) is 11.2. The molecule has 34 heavy (non-hydrogen) atoms. The Labute approximate surface area is 200 Å². The van der Waals surface area contributed by atoms with Crippen LogP contribution in [0.15, 0.2) is 75.9 Å². The number of hydrogen-bond acceptors (Lipinski definition) is 6. The summed E-state index contributed by atoms with van der Waals surface area (Å²) in [6.45, 7) is 3.87. The number of aliphatic imine (C=N–C) groups is 1. The van der Waals surface area contributed by atoms with Crippen LogP contribution in [0.4, 0.5) is 8.78 Å². The zero-order valence-electron chi connectivity index (χ0n) is 18.7. The number of carbonyl (C=O) groups is 2. The maximum Gasteiger partial charge on any atom is 0.338 e. The van der Waals surface area contributed by atoms with E-state index in [0.717, 1.165) is 5.56 Å². The molecule has 2 heterocycles. The molecule has 0 aromatic heterocycles. The summed E-state index contributed by atoms with van der Waals surface area (Å²) in [7, 11) is 0. The van der Waals surface area contributed by atoms with Crippen LogP contribution in [0.25, 0.3) is 0 Å². The number of hydrogen-bond donors (Lipinski definition) is 1. The first kappa shape index (κ1) is 23.7. The second-order valence-electron chi connectivity index (χ2n) is 7.75. The van der Waals surface area contributed by atoms with Crippen LogP contribution in [0.2, 0.25) is 0 Å². The molecule has 1 amide bonds. The first-order valence-corrected chi connectivity index (χ1v) is 11.6. The first-order chi connectivity index (χ1) is 16.4. The average Bonchev–Trinajstić information content (AvgIpc) is 3.19. The Kier molecular flexibility index (Phi) is 7.12. The molecule has 0 saturated carbocycles. The van der Waals surface area contributed by atoms with Crippen LogP contribution in [0.5, 0.6) is 0 Å². The third-order valence-electron chi connectivity index (χ3n) is 5.41. The van der Waals surface area contributed by atoms with E-state index in [2.05, 4.69) is 10.3 Å². The van der Waals surface area contributed by atoms with Gasteiger partial charge < -0.3 is 15.0 Å². The summed E-state index contributed by atoms with van der Waals surface area (Å²) in [5.41, 5.74) is 2.74. The second kappa shape index (κ2) is 10.2. The lowest BCUT2D eigenvalue weighted by molar-refractivity contribution is -0.139. The van der Waals surface area contributed by atoms with E-state index in [1.165, 1.54) is 36.0 Å². The molecule has 2 aliphatic rings. The molecule has 1 unspecified atom stereocenters.